The number of carbonyl (C=O) groups is 2. The Morgan fingerprint density at radius 3 is 1.38 bits per heavy atom. The van der Waals surface area contributed by atoms with Crippen LogP contribution in [0.5, 0.6) is 0 Å². The fourth-order valence-corrected chi connectivity index (χ4v) is 13.8. The van der Waals surface area contributed by atoms with E-state index in [-0.39, 0.29) is 53.6 Å². The Hall–Kier alpha value is -8.47. The molecule has 2 unspecified atom stereocenters. The molecular weight excluding hydrogens is 1190 g/mol. The van der Waals surface area contributed by atoms with E-state index in [0.717, 1.165) is 78.3 Å². The average molecular weight is 1260 g/mol. The highest BCUT2D eigenvalue weighted by molar-refractivity contribution is 7.89. The van der Waals surface area contributed by atoms with E-state index in [1.165, 1.54) is 16.8 Å². The lowest BCUT2D eigenvalue weighted by Gasteiger charge is -2.36. The summed E-state index contributed by atoms with van der Waals surface area (Å²) < 4.78 is 90.8. The second-order valence-corrected chi connectivity index (χ2v) is 26.9. The number of sulfonamides is 2. The number of carbonyl (C=O) groups excluding carboxylic acids is 2. The van der Waals surface area contributed by atoms with Gasteiger partial charge in [-0.1, -0.05) is 62.1 Å². The maximum absolute atomic E-state index is 15.4. The third kappa shape index (κ3) is 14.5. The number of hydrogen-bond acceptors (Lipinski definition) is 13. The van der Waals surface area contributed by atoms with Crippen molar-refractivity contribution in [1.29, 1.82) is 0 Å². The molecule has 0 spiro atoms. The average Bonchev–Trinajstić information content (AvgIpc) is 1.85. The molecule has 0 aliphatic heterocycles. The second kappa shape index (κ2) is 25.9. The molecule has 2 atom stereocenters. The van der Waals surface area contributed by atoms with Crippen LogP contribution in [-0.4, -0.2) is 80.4 Å². The highest BCUT2D eigenvalue weighted by Crippen LogP contribution is 2.44. The first-order chi connectivity index (χ1) is 42.0. The zero-order valence-corrected chi connectivity index (χ0v) is 52.3. The SMILES string of the molecule is Cc1cc(C(=O)Cc2cc(C(CCC3CC3)(NS(C)(=O)=O)c3ccncc3)ccc2F)n(-c2ccc3ccnc(C)c3c2)n1.Cc1cc(C(=O)Cc2cc(C(CCC3CC3)(NS(C)(=O)=O)c3ccncc3)ccc2F)n(-c2ccc3ccnc(N)c3c2)n1.Cl. The number of nitrogens with one attached hydrogen (secondary N) is 2. The van der Waals surface area contributed by atoms with Crippen molar-refractivity contribution in [3.8, 4) is 11.4 Å². The van der Waals surface area contributed by atoms with E-state index >= 15 is 8.78 Å². The van der Waals surface area contributed by atoms with Crippen LogP contribution in [0, 0.1) is 44.2 Å². The minimum absolute atomic E-state index is 0. The van der Waals surface area contributed by atoms with Crippen LogP contribution in [0.4, 0.5) is 14.6 Å². The van der Waals surface area contributed by atoms with Crippen LogP contribution in [0.1, 0.15) is 123 Å². The number of benzene rings is 4. The van der Waals surface area contributed by atoms with Crippen molar-refractivity contribution < 1.29 is 35.2 Å². The fourth-order valence-electron chi connectivity index (χ4n) is 11.8. The van der Waals surface area contributed by atoms with Crippen LogP contribution in [0.25, 0.3) is 32.9 Å². The van der Waals surface area contributed by atoms with E-state index in [9.17, 15) is 26.4 Å². The molecule has 0 radical (unpaired) electrons. The number of halogens is 3. The molecule has 6 heterocycles. The lowest BCUT2D eigenvalue weighted by atomic mass is 9.79. The number of hydrogen-bond donors (Lipinski definition) is 3. The normalized spacial score (nSPS) is 14.7. The summed E-state index contributed by atoms with van der Waals surface area (Å²) in [6, 6.07) is 34.6. The zero-order valence-electron chi connectivity index (χ0n) is 49.8. The highest BCUT2D eigenvalue weighted by Gasteiger charge is 2.41. The molecule has 0 bridgehead atoms. The highest BCUT2D eigenvalue weighted by atomic mass is 35.5. The van der Waals surface area contributed by atoms with Crippen LogP contribution in [0.3, 0.4) is 0 Å². The molecule has 6 aromatic heterocycles. The second-order valence-electron chi connectivity index (χ2n) is 23.4. The van der Waals surface area contributed by atoms with Gasteiger partial charge in [-0.3, -0.25) is 24.5 Å². The maximum Gasteiger partial charge on any atom is 0.209 e. The van der Waals surface area contributed by atoms with E-state index in [1.807, 2.05) is 62.4 Å². The molecule has 460 valence electrons. The van der Waals surface area contributed by atoms with Crippen molar-refractivity contribution >= 4 is 71.4 Å². The van der Waals surface area contributed by atoms with Gasteiger partial charge in [-0.05, 0) is 187 Å². The lowest BCUT2D eigenvalue weighted by Crippen LogP contribution is -2.46. The largest absolute Gasteiger partial charge is 0.383 e. The molecule has 0 amide bonds. The molecule has 2 fully saturated rings. The first-order valence-corrected chi connectivity index (χ1v) is 32.9. The monoisotopic (exact) mass is 1260 g/mol. The Kier molecular flexibility index (Phi) is 18.5. The van der Waals surface area contributed by atoms with Crippen molar-refractivity contribution in [1.82, 2.24) is 48.9 Å². The van der Waals surface area contributed by atoms with Gasteiger partial charge in [0.1, 0.15) is 28.8 Å². The molecule has 10 aromatic rings. The smallest absolute Gasteiger partial charge is 0.209 e. The molecular formula is C67H68ClF2N11O6S2. The Morgan fingerprint density at radius 2 is 0.955 bits per heavy atom. The Labute approximate surface area is 522 Å². The molecule has 2 aliphatic rings. The lowest BCUT2D eigenvalue weighted by molar-refractivity contribution is 0.0976. The number of nitrogens with two attached hydrogens (primary N) is 1. The van der Waals surface area contributed by atoms with Crippen LogP contribution in [0.2, 0.25) is 0 Å². The number of Topliss-reactive ketones (excluding diaryl/α,β-unsaturated/α-hetero) is 2. The van der Waals surface area contributed by atoms with E-state index in [0.29, 0.717) is 81.2 Å². The minimum Gasteiger partial charge on any atom is -0.383 e. The molecule has 89 heavy (non-hydrogen) atoms. The molecule has 4 N–H and O–H groups in total. The molecule has 17 nitrogen and oxygen atoms in total. The van der Waals surface area contributed by atoms with Gasteiger partial charge < -0.3 is 5.73 Å². The van der Waals surface area contributed by atoms with Gasteiger partial charge >= 0.3 is 0 Å². The number of fused-ring (bicyclic) bond motifs is 2. The summed E-state index contributed by atoms with van der Waals surface area (Å²) in [7, 11) is -7.40. The number of rotatable bonds is 22. The van der Waals surface area contributed by atoms with E-state index in [4.69, 9.17) is 5.73 Å². The number of ketones is 2. The van der Waals surface area contributed by atoms with Gasteiger partial charge in [0.05, 0.1) is 46.4 Å². The fraction of sp³-hybridized carbons (Fsp3) is 0.284. The van der Waals surface area contributed by atoms with Gasteiger partial charge in [0.25, 0.3) is 0 Å². The summed E-state index contributed by atoms with van der Waals surface area (Å²) in [6.07, 6.45) is 18.6. The summed E-state index contributed by atoms with van der Waals surface area (Å²) in [5.74, 6) is -0.345. The van der Waals surface area contributed by atoms with Gasteiger partial charge in [-0.25, -0.2) is 49.4 Å². The van der Waals surface area contributed by atoms with Gasteiger partial charge in [-0.2, -0.15) is 10.2 Å². The van der Waals surface area contributed by atoms with E-state index < -0.39 is 42.8 Å². The number of pyridine rings is 4. The summed E-state index contributed by atoms with van der Waals surface area (Å²) in [5.41, 5.74) is 10.7. The van der Waals surface area contributed by atoms with E-state index in [2.05, 4.69) is 39.6 Å². The quantitative estimate of drug-likeness (QED) is 0.0536. The maximum atomic E-state index is 15.4. The number of nitrogen functional groups attached to an aromatic ring is 1. The predicted octanol–water partition coefficient (Wildman–Crippen LogP) is 11.7. The number of anilines is 1. The van der Waals surface area contributed by atoms with Crippen molar-refractivity contribution in [3.05, 3.63) is 232 Å². The van der Waals surface area contributed by atoms with Crippen molar-refractivity contribution in [2.75, 3.05) is 18.2 Å². The van der Waals surface area contributed by atoms with E-state index in [1.54, 1.807) is 109 Å². The topological polar surface area (TPSA) is 240 Å². The van der Waals surface area contributed by atoms with Crippen LogP contribution in [-0.2, 0) is 44.0 Å². The standard InChI is InChI=1S/C34H34FN5O3S.C33H33FN6O3S.ClH/c1-22-18-32(40(38-22)29-8-6-25-11-17-37-23(2)30(25)21-29)33(41)20-26-19-28(7-9-31(26)35)34(39-44(3,42)43,14-10-24-4-5-24)27-12-15-36-16-13-27;1-21-17-30(40(38-21)27-7-5-23-10-16-37-32(35)28(23)20-27)31(41)19-24-18-26(6-8-29(24)34)33(39-44(2,42)43,13-9-22-3-4-22)25-11-14-36-15-12-25;/h6-9,11-13,15-19,21,24,39H,4-5,10,14,20H2,1-3H3;5-8,10-12,14-18,20,22,39H,3-4,9,13,19H2,1-2H3,(H2,35,37);1H. The summed E-state index contributed by atoms with van der Waals surface area (Å²) in [6.45, 7) is 5.52. The first-order valence-electron chi connectivity index (χ1n) is 29.1. The molecule has 0 saturated heterocycles. The predicted molar refractivity (Wildman–Crippen MR) is 342 cm³/mol. The molecule has 12 rings (SSSR count). The van der Waals surface area contributed by atoms with Crippen LogP contribution >= 0.6 is 12.4 Å². The van der Waals surface area contributed by atoms with Gasteiger partial charge in [0.2, 0.25) is 20.0 Å². The molecule has 2 saturated carbocycles. The van der Waals surface area contributed by atoms with Crippen LogP contribution < -0.4 is 15.2 Å². The number of nitrogens with zero attached hydrogens (tertiary/aromatic N) is 8. The third-order valence-corrected chi connectivity index (χ3v) is 18.0. The van der Waals surface area contributed by atoms with Crippen molar-refractivity contribution in [3.63, 3.8) is 0 Å². The Morgan fingerprint density at radius 1 is 0.539 bits per heavy atom. The van der Waals surface area contributed by atoms with Crippen LogP contribution in [0.15, 0.2) is 159 Å². The van der Waals surface area contributed by atoms with Crippen molar-refractivity contribution in [2.24, 2.45) is 11.8 Å². The first kappa shape index (κ1) is 63.5. The molecule has 22 heteroatoms. The van der Waals surface area contributed by atoms with Gasteiger partial charge in [-0.15, -0.1) is 12.4 Å². The number of aryl methyl sites for hydroxylation is 3. The van der Waals surface area contributed by atoms with Gasteiger partial charge in [0.15, 0.2) is 11.6 Å². The Balaban J connectivity index is 0.000000194. The summed E-state index contributed by atoms with van der Waals surface area (Å²) in [4.78, 5) is 44.4. The third-order valence-electron chi connectivity index (χ3n) is 16.5. The summed E-state index contributed by atoms with van der Waals surface area (Å²) >= 11 is 0. The summed E-state index contributed by atoms with van der Waals surface area (Å²) in [5, 5.41) is 12.7. The van der Waals surface area contributed by atoms with Crippen molar-refractivity contribution in [2.45, 2.75) is 96.1 Å². The molecule has 4 aromatic carbocycles. The number of aromatic nitrogens is 8. The Bertz CT molecular complexity index is 4240. The van der Waals surface area contributed by atoms with Gasteiger partial charge in [0, 0.05) is 66.5 Å². The molecule has 2 aliphatic carbocycles. The zero-order chi connectivity index (χ0) is 62.1. The minimum atomic E-state index is -3.70.